The van der Waals surface area contributed by atoms with Crippen molar-refractivity contribution in [3.63, 3.8) is 0 Å². The molecule has 0 aliphatic rings. The maximum atomic E-state index is 11.8. The average Bonchev–Trinajstić information content (AvgIpc) is 2.37. The number of nitrogens with zero attached hydrogens (tertiary/aromatic N) is 1. The Morgan fingerprint density at radius 2 is 2.12 bits per heavy atom. The molecule has 0 aliphatic heterocycles. The van der Waals surface area contributed by atoms with Crippen LogP contribution in [0.25, 0.3) is 6.08 Å². The SMILES string of the molecule is Nc1cccc(C(=O)/C=C/c2cccnc2)c1. The predicted molar refractivity (Wildman–Crippen MR) is 68.5 cm³/mol. The first-order valence-electron chi connectivity index (χ1n) is 5.24. The van der Waals surface area contributed by atoms with Crippen molar-refractivity contribution in [3.8, 4) is 0 Å². The van der Waals surface area contributed by atoms with Gasteiger partial charge in [0.2, 0.25) is 0 Å². The van der Waals surface area contributed by atoms with Gasteiger partial charge in [-0.1, -0.05) is 18.2 Å². The number of rotatable bonds is 3. The van der Waals surface area contributed by atoms with Gasteiger partial charge in [0.25, 0.3) is 0 Å². The van der Waals surface area contributed by atoms with Crippen molar-refractivity contribution in [2.75, 3.05) is 5.73 Å². The summed E-state index contributed by atoms with van der Waals surface area (Å²) < 4.78 is 0. The topological polar surface area (TPSA) is 56.0 Å². The van der Waals surface area contributed by atoms with Crippen molar-refractivity contribution in [1.29, 1.82) is 0 Å². The molecule has 2 rings (SSSR count). The Labute approximate surface area is 99.6 Å². The highest BCUT2D eigenvalue weighted by Crippen LogP contribution is 2.09. The number of hydrogen-bond acceptors (Lipinski definition) is 3. The maximum Gasteiger partial charge on any atom is 0.185 e. The number of hydrogen-bond donors (Lipinski definition) is 1. The van der Waals surface area contributed by atoms with E-state index in [9.17, 15) is 4.79 Å². The Hall–Kier alpha value is -2.42. The third-order valence-corrected chi connectivity index (χ3v) is 2.28. The molecule has 84 valence electrons. The highest BCUT2D eigenvalue weighted by atomic mass is 16.1. The summed E-state index contributed by atoms with van der Waals surface area (Å²) in [6, 6.07) is 10.6. The van der Waals surface area contributed by atoms with E-state index in [1.807, 2.05) is 12.1 Å². The quantitative estimate of drug-likeness (QED) is 0.495. The smallest absolute Gasteiger partial charge is 0.185 e. The number of ketones is 1. The van der Waals surface area contributed by atoms with E-state index in [0.717, 1.165) is 5.56 Å². The summed E-state index contributed by atoms with van der Waals surface area (Å²) in [7, 11) is 0. The number of allylic oxidation sites excluding steroid dienone is 1. The van der Waals surface area contributed by atoms with E-state index in [1.54, 1.807) is 42.7 Å². The normalized spacial score (nSPS) is 10.6. The van der Waals surface area contributed by atoms with Crippen LogP contribution in [0, 0.1) is 0 Å². The van der Waals surface area contributed by atoms with Crippen LogP contribution in [0.4, 0.5) is 5.69 Å². The van der Waals surface area contributed by atoms with Crippen molar-refractivity contribution in [2.45, 2.75) is 0 Å². The lowest BCUT2D eigenvalue weighted by molar-refractivity contribution is 0.104. The number of benzene rings is 1. The van der Waals surface area contributed by atoms with E-state index in [1.165, 1.54) is 6.08 Å². The van der Waals surface area contributed by atoms with E-state index >= 15 is 0 Å². The van der Waals surface area contributed by atoms with E-state index < -0.39 is 0 Å². The summed E-state index contributed by atoms with van der Waals surface area (Å²) in [5.41, 5.74) is 7.69. The molecule has 0 fully saturated rings. The summed E-state index contributed by atoms with van der Waals surface area (Å²) in [4.78, 5) is 15.8. The average molecular weight is 224 g/mol. The number of nitrogen functional groups attached to an aromatic ring is 1. The summed E-state index contributed by atoms with van der Waals surface area (Å²) >= 11 is 0. The highest BCUT2D eigenvalue weighted by Gasteiger charge is 2.01. The van der Waals surface area contributed by atoms with Gasteiger partial charge in [-0.15, -0.1) is 0 Å². The lowest BCUT2D eigenvalue weighted by atomic mass is 10.1. The van der Waals surface area contributed by atoms with Crippen molar-refractivity contribution in [2.24, 2.45) is 0 Å². The van der Waals surface area contributed by atoms with Gasteiger partial charge >= 0.3 is 0 Å². The number of pyridine rings is 1. The number of nitrogens with two attached hydrogens (primary N) is 1. The lowest BCUT2D eigenvalue weighted by Gasteiger charge is -1.97. The van der Waals surface area contributed by atoms with E-state index in [-0.39, 0.29) is 5.78 Å². The Balaban J connectivity index is 2.15. The van der Waals surface area contributed by atoms with Crippen LogP contribution in [0.2, 0.25) is 0 Å². The second-order valence-electron chi connectivity index (χ2n) is 3.61. The van der Waals surface area contributed by atoms with Crippen LogP contribution in [-0.2, 0) is 0 Å². The molecule has 3 nitrogen and oxygen atoms in total. The van der Waals surface area contributed by atoms with Gasteiger partial charge in [0.15, 0.2) is 5.78 Å². The minimum atomic E-state index is -0.0684. The molecule has 0 saturated carbocycles. The molecule has 0 aliphatic carbocycles. The van der Waals surface area contributed by atoms with Crippen LogP contribution in [0.5, 0.6) is 0 Å². The number of carbonyl (C=O) groups is 1. The Bertz CT molecular complexity index is 547. The van der Waals surface area contributed by atoms with Crippen LogP contribution in [0.1, 0.15) is 15.9 Å². The maximum absolute atomic E-state index is 11.8. The zero-order valence-corrected chi connectivity index (χ0v) is 9.21. The summed E-state index contributed by atoms with van der Waals surface area (Å²) in [6.45, 7) is 0. The number of carbonyl (C=O) groups excluding carboxylic acids is 1. The first kappa shape index (κ1) is 11.1. The van der Waals surface area contributed by atoms with Crippen molar-refractivity contribution >= 4 is 17.5 Å². The first-order chi connectivity index (χ1) is 8.25. The molecule has 2 aromatic rings. The monoisotopic (exact) mass is 224 g/mol. The third-order valence-electron chi connectivity index (χ3n) is 2.28. The van der Waals surface area contributed by atoms with Gasteiger partial charge < -0.3 is 5.73 Å². The number of anilines is 1. The molecular weight excluding hydrogens is 212 g/mol. The minimum Gasteiger partial charge on any atom is -0.399 e. The first-order valence-corrected chi connectivity index (χ1v) is 5.24. The summed E-state index contributed by atoms with van der Waals surface area (Å²) in [6.07, 6.45) is 6.64. The third kappa shape index (κ3) is 3.01. The lowest BCUT2D eigenvalue weighted by Crippen LogP contribution is -1.95. The van der Waals surface area contributed by atoms with Crippen LogP contribution in [0.15, 0.2) is 54.9 Å². The Morgan fingerprint density at radius 3 is 2.82 bits per heavy atom. The van der Waals surface area contributed by atoms with Crippen molar-refractivity contribution in [1.82, 2.24) is 4.98 Å². The minimum absolute atomic E-state index is 0.0684. The molecule has 1 aromatic carbocycles. The molecule has 3 heteroatoms. The predicted octanol–water partition coefficient (Wildman–Crippen LogP) is 2.56. The second kappa shape index (κ2) is 5.07. The van der Waals surface area contributed by atoms with Gasteiger partial charge in [0.05, 0.1) is 0 Å². The van der Waals surface area contributed by atoms with Gasteiger partial charge in [-0.05, 0) is 35.9 Å². The highest BCUT2D eigenvalue weighted by molar-refractivity contribution is 6.07. The molecule has 0 unspecified atom stereocenters. The molecule has 0 bridgehead atoms. The molecule has 17 heavy (non-hydrogen) atoms. The molecule has 0 atom stereocenters. The van der Waals surface area contributed by atoms with Gasteiger partial charge in [0.1, 0.15) is 0 Å². The van der Waals surface area contributed by atoms with Gasteiger partial charge in [-0.3, -0.25) is 9.78 Å². The number of aromatic nitrogens is 1. The van der Waals surface area contributed by atoms with Crippen molar-refractivity contribution in [3.05, 3.63) is 66.0 Å². The zero-order chi connectivity index (χ0) is 12.1. The fourth-order valence-corrected chi connectivity index (χ4v) is 1.43. The fraction of sp³-hybridized carbons (Fsp3) is 0. The van der Waals surface area contributed by atoms with E-state index in [2.05, 4.69) is 4.98 Å². The molecule has 0 saturated heterocycles. The van der Waals surface area contributed by atoms with Gasteiger partial charge in [-0.25, -0.2) is 0 Å². The Kier molecular flexibility index (Phi) is 3.31. The standard InChI is InChI=1S/C14H12N2O/c15-13-5-1-4-12(9-13)14(17)7-6-11-3-2-8-16-10-11/h1-10H,15H2/b7-6+. The molecular formula is C14H12N2O. The molecule has 1 aromatic heterocycles. The summed E-state index contributed by atoms with van der Waals surface area (Å²) in [5, 5.41) is 0. The second-order valence-corrected chi connectivity index (χ2v) is 3.61. The molecule has 0 amide bonds. The van der Waals surface area contributed by atoms with E-state index in [0.29, 0.717) is 11.3 Å². The molecule has 0 radical (unpaired) electrons. The van der Waals surface area contributed by atoms with Crippen LogP contribution in [-0.4, -0.2) is 10.8 Å². The van der Waals surface area contributed by atoms with Crippen LogP contribution >= 0.6 is 0 Å². The fourth-order valence-electron chi connectivity index (χ4n) is 1.43. The van der Waals surface area contributed by atoms with Gasteiger partial charge in [0, 0.05) is 23.6 Å². The van der Waals surface area contributed by atoms with Gasteiger partial charge in [-0.2, -0.15) is 0 Å². The Morgan fingerprint density at radius 1 is 1.24 bits per heavy atom. The van der Waals surface area contributed by atoms with Crippen LogP contribution in [0.3, 0.4) is 0 Å². The molecule has 2 N–H and O–H groups in total. The van der Waals surface area contributed by atoms with E-state index in [4.69, 9.17) is 5.73 Å². The largest absolute Gasteiger partial charge is 0.399 e. The zero-order valence-electron chi connectivity index (χ0n) is 9.21. The van der Waals surface area contributed by atoms with Crippen LogP contribution < -0.4 is 5.73 Å². The van der Waals surface area contributed by atoms with Crippen molar-refractivity contribution < 1.29 is 4.79 Å². The molecule has 0 spiro atoms. The summed E-state index contributed by atoms with van der Waals surface area (Å²) in [5.74, 6) is -0.0684. The molecule has 1 heterocycles.